The van der Waals surface area contributed by atoms with Gasteiger partial charge in [0, 0.05) is 14.1 Å². The average molecular weight is 144 g/mol. The molecule has 0 saturated heterocycles. The van der Waals surface area contributed by atoms with Crippen LogP contribution < -0.4 is 0 Å². The molecule has 0 aromatic heterocycles. The van der Waals surface area contributed by atoms with E-state index in [1.165, 1.54) is 7.11 Å². The van der Waals surface area contributed by atoms with Crippen LogP contribution in [0.5, 0.6) is 0 Å². The van der Waals surface area contributed by atoms with Crippen molar-refractivity contribution in [2.75, 3.05) is 21.2 Å². The van der Waals surface area contributed by atoms with Gasteiger partial charge in [0.05, 0.1) is 7.11 Å². The zero-order valence-corrected chi connectivity index (χ0v) is 6.71. The van der Waals surface area contributed by atoms with Crippen molar-refractivity contribution in [3.63, 3.8) is 0 Å². The lowest BCUT2D eigenvalue weighted by molar-refractivity contribution is -0.132. The minimum atomic E-state index is -0.395. The minimum Gasteiger partial charge on any atom is -0.464 e. The van der Waals surface area contributed by atoms with Gasteiger partial charge in [-0.2, -0.15) is 5.10 Å². The number of esters is 1. The molecule has 0 unspecified atom stereocenters. The van der Waals surface area contributed by atoms with Crippen molar-refractivity contribution in [3.8, 4) is 0 Å². The molecule has 0 atom stereocenters. The fourth-order valence-corrected chi connectivity index (χ4v) is 0.489. The number of hydrogen-bond donors (Lipinski definition) is 0. The van der Waals surface area contributed by atoms with Crippen molar-refractivity contribution in [3.05, 3.63) is 0 Å². The van der Waals surface area contributed by atoms with Crippen LogP contribution in [0.3, 0.4) is 0 Å². The molecule has 0 aromatic carbocycles. The van der Waals surface area contributed by atoms with Crippen molar-refractivity contribution in [2.24, 2.45) is 5.10 Å². The Kier molecular flexibility index (Phi) is 3.46. The van der Waals surface area contributed by atoms with Crippen molar-refractivity contribution in [1.29, 1.82) is 0 Å². The molecule has 0 radical (unpaired) electrons. The van der Waals surface area contributed by atoms with Gasteiger partial charge >= 0.3 is 5.97 Å². The lowest BCUT2D eigenvalue weighted by Crippen LogP contribution is -2.16. The first-order chi connectivity index (χ1) is 4.57. The van der Waals surface area contributed by atoms with Gasteiger partial charge in [0.1, 0.15) is 5.71 Å². The van der Waals surface area contributed by atoms with Gasteiger partial charge in [-0.25, -0.2) is 4.79 Å². The lowest BCUT2D eigenvalue weighted by atomic mass is 10.4. The summed E-state index contributed by atoms with van der Waals surface area (Å²) in [6.45, 7) is 1.60. The van der Waals surface area contributed by atoms with Gasteiger partial charge in [-0.1, -0.05) is 0 Å². The Morgan fingerprint density at radius 3 is 2.30 bits per heavy atom. The third kappa shape index (κ3) is 3.06. The number of nitrogens with zero attached hydrogens (tertiary/aromatic N) is 2. The molecule has 0 N–H and O–H groups in total. The van der Waals surface area contributed by atoms with Crippen LogP contribution in [0.2, 0.25) is 0 Å². The third-order valence-corrected chi connectivity index (χ3v) is 0.831. The first kappa shape index (κ1) is 8.94. The van der Waals surface area contributed by atoms with Crippen LogP contribution in [0.15, 0.2) is 5.10 Å². The zero-order valence-electron chi connectivity index (χ0n) is 6.71. The Hall–Kier alpha value is -1.06. The van der Waals surface area contributed by atoms with E-state index in [0.717, 1.165) is 0 Å². The molecule has 0 heterocycles. The third-order valence-electron chi connectivity index (χ3n) is 0.831. The second-order valence-electron chi connectivity index (χ2n) is 2.02. The molecule has 4 heteroatoms. The van der Waals surface area contributed by atoms with Crippen LogP contribution in [-0.4, -0.2) is 37.9 Å². The predicted octanol–water partition coefficient (Wildman–Crippen LogP) is 0.0969. The molecule has 0 aliphatic rings. The van der Waals surface area contributed by atoms with Crippen LogP contribution in [0.4, 0.5) is 0 Å². The highest BCUT2D eigenvalue weighted by Crippen LogP contribution is 1.83. The molecule has 0 spiro atoms. The van der Waals surface area contributed by atoms with Crippen LogP contribution >= 0.6 is 0 Å². The Morgan fingerprint density at radius 1 is 1.50 bits per heavy atom. The van der Waals surface area contributed by atoms with Crippen LogP contribution in [0, 0.1) is 0 Å². The topological polar surface area (TPSA) is 41.9 Å². The van der Waals surface area contributed by atoms with E-state index >= 15 is 0 Å². The number of hydrogen-bond acceptors (Lipinski definition) is 4. The molecular formula is C6H12N2O2. The molecule has 0 saturated carbocycles. The predicted molar refractivity (Wildman–Crippen MR) is 38.8 cm³/mol. The second-order valence-corrected chi connectivity index (χ2v) is 2.02. The largest absolute Gasteiger partial charge is 0.464 e. The standard InChI is InChI=1S/C6H12N2O2/c1-5(6(9)10-4)7-8(2)3/h1-4H3. The zero-order chi connectivity index (χ0) is 8.15. The van der Waals surface area contributed by atoms with Gasteiger partial charge in [0.15, 0.2) is 0 Å². The van der Waals surface area contributed by atoms with E-state index < -0.39 is 5.97 Å². The number of ether oxygens (including phenoxy) is 1. The summed E-state index contributed by atoms with van der Waals surface area (Å²) in [6, 6.07) is 0. The smallest absolute Gasteiger partial charge is 0.353 e. The molecule has 4 nitrogen and oxygen atoms in total. The summed E-state index contributed by atoms with van der Waals surface area (Å²) >= 11 is 0. The quantitative estimate of drug-likeness (QED) is 0.313. The maximum Gasteiger partial charge on any atom is 0.353 e. The molecule has 0 fully saturated rings. The van der Waals surface area contributed by atoms with Crippen molar-refractivity contribution in [2.45, 2.75) is 6.92 Å². The first-order valence-electron chi connectivity index (χ1n) is 2.88. The minimum absolute atomic E-state index is 0.354. The average Bonchev–Trinajstić information content (AvgIpc) is 1.85. The van der Waals surface area contributed by atoms with Gasteiger partial charge < -0.3 is 9.75 Å². The summed E-state index contributed by atoms with van der Waals surface area (Å²) in [5.74, 6) is -0.395. The summed E-state index contributed by atoms with van der Waals surface area (Å²) in [7, 11) is 4.82. The van der Waals surface area contributed by atoms with Gasteiger partial charge in [-0.05, 0) is 6.92 Å². The van der Waals surface area contributed by atoms with Crippen molar-refractivity contribution >= 4 is 11.7 Å². The maximum atomic E-state index is 10.7. The van der Waals surface area contributed by atoms with Gasteiger partial charge in [-0.3, -0.25) is 0 Å². The molecule has 0 aromatic rings. The van der Waals surface area contributed by atoms with E-state index in [-0.39, 0.29) is 0 Å². The number of hydrazone groups is 1. The molecule has 0 amide bonds. The number of rotatable bonds is 2. The Bertz CT molecular complexity index is 152. The fourth-order valence-electron chi connectivity index (χ4n) is 0.489. The maximum absolute atomic E-state index is 10.7. The number of carbonyl (C=O) groups is 1. The molecular weight excluding hydrogens is 132 g/mol. The van der Waals surface area contributed by atoms with E-state index in [9.17, 15) is 4.79 Å². The van der Waals surface area contributed by atoms with Gasteiger partial charge in [0.25, 0.3) is 0 Å². The molecule has 0 bridgehead atoms. The molecule has 0 aliphatic heterocycles. The Morgan fingerprint density at radius 2 is 2.00 bits per heavy atom. The van der Waals surface area contributed by atoms with E-state index in [1.54, 1.807) is 26.0 Å². The molecule has 0 rings (SSSR count). The Labute approximate surface area is 60.5 Å². The van der Waals surface area contributed by atoms with E-state index in [1.807, 2.05) is 0 Å². The van der Waals surface area contributed by atoms with E-state index in [2.05, 4.69) is 9.84 Å². The monoisotopic (exact) mass is 144 g/mol. The van der Waals surface area contributed by atoms with Gasteiger partial charge in [0.2, 0.25) is 0 Å². The fraction of sp³-hybridized carbons (Fsp3) is 0.667. The summed E-state index contributed by atoms with van der Waals surface area (Å²) < 4.78 is 4.42. The van der Waals surface area contributed by atoms with E-state index in [4.69, 9.17) is 0 Å². The summed E-state index contributed by atoms with van der Waals surface area (Å²) in [4.78, 5) is 10.7. The second kappa shape index (κ2) is 3.87. The van der Waals surface area contributed by atoms with Crippen molar-refractivity contribution in [1.82, 2.24) is 5.01 Å². The summed E-state index contributed by atoms with van der Waals surface area (Å²) in [5, 5.41) is 5.37. The van der Waals surface area contributed by atoms with Crippen LogP contribution in [0.25, 0.3) is 0 Å². The highest BCUT2D eigenvalue weighted by atomic mass is 16.5. The number of carbonyl (C=O) groups excluding carboxylic acids is 1. The highest BCUT2D eigenvalue weighted by Gasteiger charge is 2.03. The summed E-state index contributed by atoms with van der Waals surface area (Å²) in [6.07, 6.45) is 0. The SMILES string of the molecule is COC(=O)C(C)=NN(C)C. The van der Waals surface area contributed by atoms with E-state index in [0.29, 0.717) is 5.71 Å². The van der Waals surface area contributed by atoms with Gasteiger partial charge in [-0.15, -0.1) is 0 Å². The van der Waals surface area contributed by atoms with Crippen molar-refractivity contribution < 1.29 is 9.53 Å². The molecule has 58 valence electrons. The summed E-state index contributed by atoms with van der Waals surface area (Å²) in [5.41, 5.74) is 0.354. The van der Waals surface area contributed by atoms with Crippen LogP contribution in [0.1, 0.15) is 6.92 Å². The number of methoxy groups -OCH3 is 1. The normalized spacial score (nSPS) is 11.0. The lowest BCUT2D eigenvalue weighted by Gasteiger charge is -2.04. The van der Waals surface area contributed by atoms with Crippen LogP contribution in [-0.2, 0) is 9.53 Å². The molecule has 10 heavy (non-hydrogen) atoms. The molecule has 0 aliphatic carbocycles. The highest BCUT2D eigenvalue weighted by molar-refractivity contribution is 6.35. The first-order valence-corrected chi connectivity index (χ1v) is 2.88. The Balaban J connectivity index is 4.05.